The molecule has 0 saturated carbocycles. The van der Waals surface area contributed by atoms with Gasteiger partial charge < -0.3 is 0 Å². The standard InChI is InChI=1S/C17H24ClN3O2S/c1-5-13(3)14-7-9-15(10-8-14)24(22,23)20(4)12-17-16(18)11-21(6-2)19-17/h7-11,13H,5-6,12H2,1-4H3/t13-/m1/s1. The third-order valence-corrected chi connectivity index (χ3v) is 6.39. The summed E-state index contributed by atoms with van der Waals surface area (Å²) in [7, 11) is -2.03. The molecule has 7 heteroatoms. The van der Waals surface area contributed by atoms with Gasteiger partial charge in [-0.05, 0) is 37.0 Å². The summed E-state index contributed by atoms with van der Waals surface area (Å²) in [4.78, 5) is 0.281. The highest BCUT2D eigenvalue weighted by molar-refractivity contribution is 7.89. The molecule has 0 aliphatic heterocycles. The quantitative estimate of drug-likeness (QED) is 0.743. The van der Waals surface area contributed by atoms with Gasteiger partial charge in [0.05, 0.1) is 22.2 Å². The van der Waals surface area contributed by atoms with E-state index in [-0.39, 0.29) is 11.4 Å². The van der Waals surface area contributed by atoms with Crippen molar-refractivity contribution in [1.82, 2.24) is 14.1 Å². The molecule has 0 spiro atoms. The molecule has 0 fully saturated rings. The van der Waals surface area contributed by atoms with Gasteiger partial charge in [0.25, 0.3) is 0 Å². The molecule has 1 atom stereocenters. The van der Waals surface area contributed by atoms with Crippen LogP contribution in [-0.4, -0.2) is 29.6 Å². The molecule has 5 nitrogen and oxygen atoms in total. The second-order valence-corrected chi connectivity index (χ2v) is 8.37. The first-order chi connectivity index (χ1) is 11.3. The van der Waals surface area contributed by atoms with E-state index >= 15 is 0 Å². The van der Waals surface area contributed by atoms with Crippen LogP contribution in [0.5, 0.6) is 0 Å². The molecule has 1 aromatic carbocycles. The van der Waals surface area contributed by atoms with Crippen molar-refractivity contribution in [3.05, 3.63) is 46.7 Å². The van der Waals surface area contributed by atoms with Crippen LogP contribution in [0.1, 0.15) is 44.4 Å². The van der Waals surface area contributed by atoms with Crippen molar-refractivity contribution in [1.29, 1.82) is 0 Å². The molecule has 1 aromatic heterocycles. The molecule has 0 aliphatic rings. The molecule has 2 aromatic rings. The van der Waals surface area contributed by atoms with Crippen molar-refractivity contribution in [2.75, 3.05) is 7.05 Å². The first kappa shape index (κ1) is 19.0. The van der Waals surface area contributed by atoms with Crippen molar-refractivity contribution in [2.24, 2.45) is 0 Å². The Hall–Kier alpha value is -1.37. The number of rotatable bonds is 7. The Labute approximate surface area is 149 Å². The summed E-state index contributed by atoms with van der Waals surface area (Å²) >= 11 is 6.13. The summed E-state index contributed by atoms with van der Waals surface area (Å²) in [6, 6.07) is 7.10. The third kappa shape index (κ3) is 3.99. The van der Waals surface area contributed by atoms with Crippen LogP contribution < -0.4 is 0 Å². The average molecular weight is 370 g/mol. The van der Waals surface area contributed by atoms with Gasteiger partial charge in [-0.25, -0.2) is 8.42 Å². The second kappa shape index (κ2) is 7.68. The van der Waals surface area contributed by atoms with Gasteiger partial charge in [-0.3, -0.25) is 4.68 Å². The topological polar surface area (TPSA) is 55.2 Å². The summed E-state index contributed by atoms with van der Waals surface area (Å²) in [6.45, 7) is 7.02. The van der Waals surface area contributed by atoms with E-state index in [1.807, 2.05) is 19.1 Å². The van der Waals surface area contributed by atoms with Gasteiger partial charge in [0.2, 0.25) is 10.0 Å². The van der Waals surface area contributed by atoms with Crippen LogP contribution in [-0.2, 0) is 23.1 Å². The van der Waals surface area contributed by atoms with Crippen LogP contribution in [0.2, 0.25) is 5.02 Å². The Morgan fingerprint density at radius 1 is 1.25 bits per heavy atom. The minimum Gasteiger partial charge on any atom is -0.271 e. The number of aryl methyl sites for hydroxylation is 1. The number of hydrogen-bond acceptors (Lipinski definition) is 3. The molecule has 132 valence electrons. The zero-order chi connectivity index (χ0) is 17.9. The number of benzene rings is 1. The number of aromatic nitrogens is 2. The molecular formula is C17H24ClN3O2S. The summed E-state index contributed by atoms with van der Waals surface area (Å²) in [5.74, 6) is 0.413. The lowest BCUT2D eigenvalue weighted by Gasteiger charge is -2.17. The number of halogens is 1. The van der Waals surface area contributed by atoms with E-state index in [4.69, 9.17) is 11.6 Å². The number of nitrogens with zero attached hydrogens (tertiary/aromatic N) is 3. The molecule has 2 rings (SSSR count). The molecule has 0 N–H and O–H groups in total. The Bertz CT molecular complexity index is 785. The summed E-state index contributed by atoms with van der Waals surface area (Å²) in [5.41, 5.74) is 1.70. The summed E-state index contributed by atoms with van der Waals surface area (Å²) < 4.78 is 28.4. The lowest BCUT2D eigenvalue weighted by Crippen LogP contribution is -2.27. The first-order valence-corrected chi connectivity index (χ1v) is 9.89. The normalized spacial score (nSPS) is 13.4. The predicted octanol–water partition coefficient (Wildman–Crippen LogP) is 3.89. The fourth-order valence-electron chi connectivity index (χ4n) is 2.39. The van der Waals surface area contributed by atoms with Crippen LogP contribution >= 0.6 is 11.6 Å². The van der Waals surface area contributed by atoms with Gasteiger partial charge in [0, 0.05) is 19.8 Å². The molecule has 0 bridgehead atoms. The number of hydrogen-bond donors (Lipinski definition) is 0. The van der Waals surface area contributed by atoms with Crippen LogP contribution in [0, 0.1) is 0 Å². The third-order valence-electron chi connectivity index (χ3n) is 4.25. The molecule has 24 heavy (non-hydrogen) atoms. The van der Waals surface area contributed by atoms with Crippen molar-refractivity contribution in [3.8, 4) is 0 Å². The van der Waals surface area contributed by atoms with E-state index in [1.165, 1.54) is 4.31 Å². The fraction of sp³-hybridized carbons (Fsp3) is 0.471. The highest BCUT2D eigenvalue weighted by atomic mass is 35.5. The van der Waals surface area contributed by atoms with Crippen molar-refractivity contribution < 1.29 is 8.42 Å². The zero-order valence-electron chi connectivity index (χ0n) is 14.5. The van der Waals surface area contributed by atoms with E-state index in [1.54, 1.807) is 30.1 Å². The van der Waals surface area contributed by atoms with E-state index in [9.17, 15) is 8.42 Å². The monoisotopic (exact) mass is 369 g/mol. The highest BCUT2D eigenvalue weighted by Gasteiger charge is 2.23. The lowest BCUT2D eigenvalue weighted by atomic mass is 9.99. The lowest BCUT2D eigenvalue weighted by molar-refractivity contribution is 0.458. The largest absolute Gasteiger partial charge is 0.271 e. The minimum atomic E-state index is -3.58. The van der Waals surface area contributed by atoms with Crippen LogP contribution in [0.15, 0.2) is 35.4 Å². The van der Waals surface area contributed by atoms with Gasteiger partial charge in [0.1, 0.15) is 0 Å². The summed E-state index contributed by atoms with van der Waals surface area (Å²) in [6.07, 6.45) is 2.73. The minimum absolute atomic E-state index is 0.140. The van der Waals surface area contributed by atoms with E-state index in [2.05, 4.69) is 18.9 Å². The van der Waals surface area contributed by atoms with Gasteiger partial charge >= 0.3 is 0 Å². The van der Waals surface area contributed by atoms with Gasteiger partial charge in [0.15, 0.2) is 0 Å². The van der Waals surface area contributed by atoms with E-state index in [0.717, 1.165) is 12.0 Å². The Kier molecular flexibility index (Phi) is 6.06. The van der Waals surface area contributed by atoms with Gasteiger partial charge in [-0.2, -0.15) is 9.40 Å². The smallest absolute Gasteiger partial charge is 0.243 e. The molecule has 0 aliphatic carbocycles. The molecule has 0 saturated heterocycles. The van der Waals surface area contributed by atoms with E-state index in [0.29, 0.717) is 23.2 Å². The predicted molar refractivity (Wildman–Crippen MR) is 96.7 cm³/mol. The maximum Gasteiger partial charge on any atom is 0.243 e. The SMILES string of the molecule is CC[C@@H](C)c1ccc(S(=O)(=O)N(C)Cc2nn(CC)cc2Cl)cc1. The molecule has 0 radical (unpaired) electrons. The molecular weight excluding hydrogens is 346 g/mol. The van der Waals surface area contributed by atoms with Gasteiger partial charge in [-0.15, -0.1) is 0 Å². The molecule has 0 unspecified atom stereocenters. The van der Waals surface area contributed by atoms with Gasteiger partial charge in [-0.1, -0.05) is 37.6 Å². The van der Waals surface area contributed by atoms with E-state index < -0.39 is 10.0 Å². The van der Waals surface area contributed by atoms with Crippen LogP contribution in [0.25, 0.3) is 0 Å². The fourth-order valence-corrected chi connectivity index (χ4v) is 3.73. The highest BCUT2D eigenvalue weighted by Crippen LogP contribution is 2.23. The molecule has 0 amide bonds. The maximum atomic E-state index is 12.7. The average Bonchev–Trinajstić information content (AvgIpc) is 2.94. The summed E-state index contributed by atoms with van der Waals surface area (Å²) in [5, 5.41) is 4.78. The number of sulfonamides is 1. The van der Waals surface area contributed by atoms with Crippen molar-refractivity contribution >= 4 is 21.6 Å². The molecule has 1 heterocycles. The van der Waals surface area contributed by atoms with Crippen molar-refractivity contribution in [3.63, 3.8) is 0 Å². The van der Waals surface area contributed by atoms with Crippen LogP contribution in [0.4, 0.5) is 0 Å². The van der Waals surface area contributed by atoms with Crippen molar-refractivity contribution in [2.45, 2.75) is 51.1 Å². The first-order valence-electron chi connectivity index (χ1n) is 8.07. The Balaban J connectivity index is 2.20. The Morgan fingerprint density at radius 3 is 2.38 bits per heavy atom. The van der Waals surface area contributed by atoms with Crippen LogP contribution in [0.3, 0.4) is 0 Å². The Morgan fingerprint density at radius 2 is 1.88 bits per heavy atom. The zero-order valence-corrected chi connectivity index (χ0v) is 16.1. The second-order valence-electron chi connectivity index (χ2n) is 5.92. The maximum absolute atomic E-state index is 12.7.